The van der Waals surface area contributed by atoms with E-state index in [0.717, 1.165) is 37.6 Å². The molecule has 28 heavy (non-hydrogen) atoms. The summed E-state index contributed by atoms with van der Waals surface area (Å²) in [7, 11) is -0.484. The summed E-state index contributed by atoms with van der Waals surface area (Å²) in [6.07, 6.45) is 0.0267. The van der Waals surface area contributed by atoms with Gasteiger partial charge in [-0.05, 0) is 30.4 Å². The first kappa shape index (κ1) is 21.3. The van der Waals surface area contributed by atoms with Crippen molar-refractivity contribution in [3.8, 4) is 0 Å². The second kappa shape index (κ2) is 8.53. The molecular weight excluding hydrogens is 368 g/mol. The average molecular weight is 398 g/mol. The summed E-state index contributed by atoms with van der Waals surface area (Å²) in [6, 6.07) is 5.56. The molecule has 1 heterocycles. The van der Waals surface area contributed by atoms with Crippen LogP contribution in [0.5, 0.6) is 0 Å². The van der Waals surface area contributed by atoms with Gasteiger partial charge in [0.05, 0.1) is 17.8 Å². The van der Waals surface area contributed by atoms with E-state index in [1.54, 1.807) is 6.07 Å². The largest absolute Gasteiger partial charge is 0.493 e. The Kier molecular flexibility index (Phi) is 6.49. The monoisotopic (exact) mass is 398 g/mol. The van der Waals surface area contributed by atoms with Gasteiger partial charge in [-0.2, -0.15) is 13.2 Å². The van der Waals surface area contributed by atoms with Crippen LogP contribution in [-0.4, -0.2) is 39.1 Å². The van der Waals surface area contributed by atoms with E-state index in [-0.39, 0.29) is 18.0 Å². The third-order valence-corrected chi connectivity index (χ3v) is 5.54. The van der Waals surface area contributed by atoms with Gasteiger partial charge in [0.1, 0.15) is 0 Å². The Hall–Kier alpha value is -1.41. The van der Waals surface area contributed by atoms with Crippen molar-refractivity contribution in [1.29, 1.82) is 0 Å². The van der Waals surface area contributed by atoms with E-state index in [0.29, 0.717) is 24.6 Å². The summed E-state index contributed by atoms with van der Waals surface area (Å²) in [5.41, 5.74) is 8.22. The van der Waals surface area contributed by atoms with E-state index in [9.17, 15) is 13.2 Å². The molecular formula is C20H30BF3N2O2. The molecule has 0 amide bonds. The van der Waals surface area contributed by atoms with Crippen LogP contribution in [0.4, 0.5) is 24.5 Å². The highest BCUT2D eigenvalue weighted by Crippen LogP contribution is 2.33. The van der Waals surface area contributed by atoms with Crippen LogP contribution in [0, 0.1) is 5.41 Å². The molecule has 1 saturated heterocycles. The Morgan fingerprint density at radius 1 is 1.14 bits per heavy atom. The number of halogens is 3. The number of nitrogen functional groups attached to an aromatic ring is 1. The molecule has 2 aliphatic rings. The maximum Gasteiger partial charge on any atom is 0.493 e. The van der Waals surface area contributed by atoms with Crippen LogP contribution >= 0.6 is 0 Å². The van der Waals surface area contributed by atoms with E-state index in [1.807, 2.05) is 17.0 Å². The maximum atomic E-state index is 12.9. The lowest BCUT2D eigenvalue weighted by Gasteiger charge is -2.37. The lowest BCUT2D eigenvalue weighted by Crippen LogP contribution is -2.47. The number of benzene rings is 1. The predicted molar refractivity (Wildman–Crippen MR) is 107 cm³/mol. The maximum absolute atomic E-state index is 12.9. The highest BCUT2D eigenvalue weighted by atomic mass is 19.4. The average Bonchev–Trinajstić information content (AvgIpc) is 2.63. The summed E-state index contributed by atoms with van der Waals surface area (Å²) < 4.78 is 50.2. The van der Waals surface area contributed by atoms with E-state index < -0.39 is 19.7 Å². The highest BCUT2D eigenvalue weighted by molar-refractivity contribution is 6.61. The minimum atomic E-state index is -4.18. The Bertz CT molecular complexity index is 653. The quantitative estimate of drug-likeness (QED) is 0.599. The van der Waals surface area contributed by atoms with Gasteiger partial charge in [0.15, 0.2) is 0 Å². The van der Waals surface area contributed by atoms with Gasteiger partial charge in [0.25, 0.3) is 0 Å². The van der Waals surface area contributed by atoms with Crippen LogP contribution in [-0.2, 0) is 9.31 Å². The molecule has 1 aliphatic heterocycles. The molecule has 0 aromatic heterocycles. The van der Waals surface area contributed by atoms with Crippen LogP contribution < -0.4 is 16.1 Å². The number of rotatable bonds is 5. The van der Waals surface area contributed by atoms with Crippen LogP contribution in [0.3, 0.4) is 0 Å². The fourth-order valence-corrected chi connectivity index (χ4v) is 4.01. The van der Waals surface area contributed by atoms with Gasteiger partial charge in [-0.1, -0.05) is 39.2 Å². The lowest BCUT2D eigenvalue weighted by molar-refractivity contribution is -0.132. The van der Waals surface area contributed by atoms with Crippen molar-refractivity contribution in [2.45, 2.75) is 64.6 Å². The van der Waals surface area contributed by atoms with Crippen molar-refractivity contribution in [2.75, 3.05) is 30.4 Å². The highest BCUT2D eigenvalue weighted by Gasteiger charge is 2.35. The number of nitrogens with two attached hydrogens (primary N) is 1. The Morgan fingerprint density at radius 2 is 1.79 bits per heavy atom. The van der Waals surface area contributed by atoms with Gasteiger partial charge < -0.3 is 19.9 Å². The van der Waals surface area contributed by atoms with Crippen molar-refractivity contribution < 1.29 is 22.5 Å². The Labute approximate surface area is 165 Å². The number of anilines is 2. The van der Waals surface area contributed by atoms with Gasteiger partial charge in [0.2, 0.25) is 0 Å². The van der Waals surface area contributed by atoms with Crippen molar-refractivity contribution >= 4 is 24.0 Å². The molecule has 1 aromatic carbocycles. The minimum absolute atomic E-state index is 0.0304. The first-order valence-corrected chi connectivity index (χ1v) is 10.1. The molecule has 0 unspecified atom stereocenters. The summed E-state index contributed by atoms with van der Waals surface area (Å²) in [5, 5.41) is 0. The van der Waals surface area contributed by atoms with E-state index in [1.165, 1.54) is 0 Å². The third kappa shape index (κ3) is 5.57. The van der Waals surface area contributed by atoms with Crippen LogP contribution in [0.2, 0.25) is 0 Å². The summed E-state index contributed by atoms with van der Waals surface area (Å²) >= 11 is 0. The molecule has 3 rings (SSSR count). The van der Waals surface area contributed by atoms with Crippen molar-refractivity contribution in [3.63, 3.8) is 0 Å². The molecule has 0 atom stereocenters. The van der Waals surface area contributed by atoms with Gasteiger partial charge in [-0.25, -0.2) is 0 Å². The van der Waals surface area contributed by atoms with Crippen molar-refractivity contribution in [2.24, 2.45) is 5.41 Å². The molecule has 2 fully saturated rings. The zero-order valence-corrected chi connectivity index (χ0v) is 16.7. The van der Waals surface area contributed by atoms with Gasteiger partial charge >= 0.3 is 13.3 Å². The van der Waals surface area contributed by atoms with Gasteiger partial charge in [0, 0.05) is 31.2 Å². The predicted octanol–water partition coefficient (Wildman–Crippen LogP) is 4.13. The topological polar surface area (TPSA) is 47.7 Å². The molecule has 8 heteroatoms. The fourth-order valence-electron chi connectivity index (χ4n) is 4.01. The normalized spacial score (nSPS) is 21.0. The number of nitrogens with zero attached hydrogens (tertiary/aromatic N) is 1. The number of alkyl halides is 3. The summed E-state index contributed by atoms with van der Waals surface area (Å²) in [4.78, 5) is 1.86. The SMILES string of the molecule is CC1(C)COB(c2ccc(N(CCC(F)(F)F)C3CCCCC3)c(N)c2)OC1. The van der Waals surface area contributed by atoms with E-state index >= 15 is 0 Å². The minimum Gasteiger partial charge on any atom is -0.407 e. The van der Waals surface area contributed by atoms with E-state index in [2.05, 4.69) is 13.8 Å². The lowest BCUT2D eigenvalue weighted by atomic mass is 9.75. The van der Waals surface area contributed by atoms with Crippen LogP contribution in [0.1, 0.15) is 52.4 Å². The molecule has 1 aromatic rings. The second-order valence-electron chi connectivity index (χ2n) is 8.79. The summed E-state index contributed by atoms with van der Waals surface area (Å²) in [6.45, 7) is 5.24. The first-order chi connectivity index (χ1) is 13.1. The molecule has 156 valence electrons. The molecule has 1 saturated carbocycles. The second-order valence-corrected chi connectivity index (χ2v) is 8.79. The molecule has 1 aliphatic carbocycles. The van der Waals surface area contributed by atoms with Gasteiger partial charge in [-0.3, -0.25) is 0 Å². The molecule has 0 spiro atoms. The zero-order chi connectivity index (χ0) is 20.4. The Balaban J connectivity index is 1.77. The zero-order valence-electron chi connectivity index (χ0n) is 16.7. The Morgan fingerprint density at radius 3 is 2.36 bits per heavy atom. The van der Waals surface area contributed by atoms with Crippen molar-refractivity contribution in [1.82, 2.24) is 0 Å². The van der Waals surface area contributed by atoms with Crippen LogP contribution in [0.25, 0.3) is 0 Å². The summed E-state index contributed by atoms with van der Waals surface area (Å²) in [5.74, 6) is 0. The van der Waals surface area contributed by atoms with Crippen LogP contribution in [0.15, 0.2) is 18.2 Å². The molecule has 2 N–H and O–H groups in total. The molecule has 0 radical (unpaired) electrons. The number of hydrogen-bond donors (Lipinski definition) is 1. The van der Waals surface area contributed by atoms with Gasteiger partial charge in [-0.15, -0.1) is 0 Å². The van der Waals surface area contributed by atoms with E-state index in [4.69, 9.17) is 15.0 Å². The standard InChI is InChI=1S/C20H30BF3N2O2/c1-19(2)13-27-21(28-14-19)15-8-9-18(17(25)12-15)26(11-10-20(22,23)24)16-6-4-3-5-7-16/h8-9,12,16H,3-7,10-11,13-14,25H2,1-2H3. The van der Waals surface area contributed by atoms with Crippen molar-refractivity contribution in [3.05, 3.63) is 18.2 Å². The smallest absolute Gasteiger partial charge is 0.407 e. The number of hydrogen-bond acceptors (Lipinski definition) is 4. The first-order valence-electron chi connectivity index (χ1n) is 10.1. The molecule has 0 bridgehead atoms. The third-order valence-electron chi connectivity index (χ3n) is 5.54. The fraction of sp³-hybridized carbons (Fsp3) is 0.700. The molecule has 4 nitrogen and oxygen atoms in total.